The molecular weight excluding hydrogens is 220 g/mol. The molecule has 0 bridgehead atoms. The summed E-state index contributed by atoms with van der Waals surface area (Å²) in [5.41, 5.74) is 0. The van der Waals surface area contributed by atoms with Gasteiger partial charge in [-0.05, 0) is 0 Å². The lowest BCUT2D eigenvalue weighted by Gasteiger charge is -2.42. The van der Waals surface area contributed by atoms with E-state index < -0.39 is 30.7 Å². The van der Waals surface area contributed by atoms with Gasteiger partial charge in [-0.3, -0.25) is 0 Å². The first-order chi connectivity index (χ1) is 7.53. The van der Waals surface area contributed by atoms with Crippen LogP contribution in [0, 0.1) is 0 Å². The van der Waals surface area contributed by atoms with Gasteiger partial charge in [-0.1, -0.05) is 0 Å². The fourth-order valence-electron chi connectivity index (χ4n) is 1.60. The lowest BCUT2D eigenvalue weighted by molar-refractivity contribution is -0.338. The van der Waals surface area contributed by atoms with Gasteiger partial charge in [-0.2, -0.15) is 0 Å². The van der Waals surface area contributed by atoms with Crippen LogP contribution in [0.1, 0.15) is 6.42 Å². The van der Waals surface area contributed by atoms with Crippen LogP contribution in [0.5, 0.6) is 0 Å². The Morgan fingerprint density at radius 3 is 2.69 bits per heavy atom. The molecule has 1 rings (SSSR count). The van der Waals surface area contributed by atoms with E-state index in [0.29, 0.717) is 0 Å². The minimum atomic E-state index is -2.14. The summed E-state index contributed by atoms with van der Waals surface area (Å²) in [5.74, 6) is -2.14. The molecule has 4 atom stereocenters. The maximum atomic E-state index is 9.68. The molecule has 1 aliphatic heterocycles. The van der Waals surface area contributed by atoms with Crippen LogP contribution in [0.2, 0.25) is 0 Å². The molecule has 0 radical (unpaired) electrons. The van der Waals surface area contributed by atoms with Gasteiger partial charge >= 0.3 is 0 Å². The number of aliphatic hydroxyl groups is 4. The third-order valence-electron chi connectivity index (χ3n) is 2.43. The Hall–Kier alpha value is -0.280. The number of ether oxygens (including phenoxy) is 3. The van der Waals surface area contributed by atoms with Crippen molar-refractivity contribution in [1.82, 2.24) is 0 Å². The van der Waals surface area contributed by atoms with E-state index in [0.717, 1.165) is 0 Å². The van der Waals surface area contributed by atoms with Crippen LogP contribution >= 0.6 is 0 Å². The topological polar surface area (TPSA) is 109 Å². The Balaban J connectivity index is 2.50. The SMILES string of the molecule is COCOC[C@@H]1C[C@@H](O)[C@H](O)[C@](O)(CO)O1. The summed E-state index contributed by atoms with van der Waals surface area (Å²) in [6, 6.07) is 0. The van der Waals surface area contributed by atoms with Crippen molar-refractivity contribution in [2.75, 3.05) is 27.1 Å². The molecule has 1 saturated heterocycles. The van der Waals surface area contributed by atoms with Gasteiger partial charge in [0.15, 0.2) is 0 Å². The molecule has 0 aromatic carbocycles. The van der Waals surface area contributed by atoms with Gasteiger partial charge in [0.1, 0.15) is 12.9 Å². The highest BCUT2D eigenvalue weighted by Gasteiger charge is 2.47. The van der Waals surface area contributed by atoms with Crippen molar-refractivity contribution < 1.29 is 34.6 Å². The molecule has 1 heterocycles. The third-order valence-corrected chi connectivity index (χ3v) is 2.43. The highest BCUT2D eigenvalue weighted by atomic mass is 16.7. The Labute approximate surface area is 93.2 Å². The second-order valence-corrected chi connectivity index (χ2v) is 3.77. The van der Waals surface area contributed by atoms with E-state index >= 15 is 0 Å². The number of hydrogen-bond donors (Lipinski definition) is 4. The Kier molecular flexibility index (Phi) is 5.06. The molecule has 4 N–H and O–H groups in total. The summed E-state index contributed by atoms with van der Waals surface area (Å²) in [5, 5.41) is 37.5. The van der Waals surface area contributed by atoms with Gasteiger partial charge in [-0.15, -0.1) is 0 Å². The molecule has 96 valence electrons. The number of aliphatic hydroxyl groups excluding tert-OH is 3. The van der Waals surface area contributed by atoms with Crippen LogP contribution in [0.3, 0.4) is 0 Å². The zero-order chi connectivity index (χ0) is 12.2. The van der Waals surface area contributed by atoms with E-state index in [1.54, 1.807) is 0 Å². The zero-order valence-corrected chi connectivity index (χ0v) is 9.07. The fourth-order valence-corrected chi connectivity index (χ4v) is 1.60. The monoisotopic (exact) mass is 238 g/mol. The van der Waals surface area contributed by atoms with E-state index in [1.165, 1.54) is 7.11 Å². The zero-order valence-electron chi connectivity index (χ0n) is 9.07. The number of rotatable bonds is 5. The largest absolute Gasteiger partial charge is 0.391 e. The number of methoxy groups -OCH3 is 1. The molecule has 1 aliphatic rings. The lowest BCUT2D eigenvalue weighted by atomic mass is 9.96. The van der Waals surface area contributed by atoms with Crippen LogP contribution in [-0.4, -0.2) is 71.6 Å². The first kappa shape index (κ1) is 13.8. The molecular formula is C9H18O7. The Morgan fingerprint density at radius 2 is 2.12 bits per heavy atom. The van der Waals surface area contributed by atoms with Crippen molar-refractivity contribution in [2.45, 2.75) is 30.5 Å². The van der Waals surface area contributed by atoms with Gasteiger partial charge in [0.05, 0.1) is 25.4 Å². The molecule has 1 fully saturated rings. The van der Waals surface area contributed by atoms with Crippen LogP contribution < -0.4 is 0 Å². The molecule has 0 aliphatic carbocycles. The summed E-state index contributed by atoms with van der Waals surface area (Å²) < 4.78 is 14.7. The minimum absolute atomic E-state index is 0.0655. The molecule has 0 amide bonds. The van der Waals surface area contributed by atoms with E-state index in [2.05, 4.69) is 4.74 Å². The highest BCUT2D eigenvalue weighted by Crippen LogP contribution is 2.27. The highest BCUT2D eigenvalue weighted by molar-refractivity contribution is 4.90. The van der Waals surface area contributed by atoms with Gasteiger partial charge in [0, 0.05) is 13.5 Å². The van der Waals surface area contributed by atoms with Crippen molar-refractivity contribution in [3.8, 4) is 0 Å². The molecule has 0 unspecified atom stereocenters. The molecule has 0 spiro atoms. The summed E-state index contributed by atoms with van der Waals surface area (Å²) in [6.45, 7) is -0.637. The van der Waals surface area contributed by atoms with Gasteiger partial charge < -0.3 is 34.6 Å². The van der Waals surface area contributed by atoms with Gasteiger partial charge in [0.2, 0.25) is 5.79 Å². The van der Waals surface area contributed by atoms with E-state index in [1.807, 2.05) is 0 Å². The lowest BCUT2D eigenvalue weighted by Crippen LogP contribution is -2.60. The summed E-state index contributed by atoms with van der Waals surface area (Å²) in [6.07, 6.45) is -3.18. The molecule has 0 aromatic rings. The van der Waals surface area contributed by atoms with Crippen molar-refractivity contribution in [1.29, 1.82) is 0 Å². The first-order valence-electron chi connectivity index (χ1n) is 4.97. The molecule has 16 heavy (non-hydrogen) atoms. The minimum Gasteiger partial charge on any atom is -0.391 e. The van der Waals surface area contributed by atoms with Crippen molar-refractivity contribution >= 4 is 0 Å². The van der Waals surface area contributed by atoms with Gasteiger partial charge in [-0.25, -0.2) is 0 Å². The van der Waals surface area contributed by atoms with Crippen LogP contribution in [0.4, 0.5) is 0 Å². The number of hydrogen-bond acceptors (Lipinski definition) is 7. The van der Waals surface area contributed by atoms with E-state index in [9.17, 15) is 15.3 Å². The maximum absolute atomic E-state index is 9.68. The molecule has 0 aromatic heterocycles. The maximum Gasteiger partial charge on any atom is 0.218 e. The second-order valence-electron chi connectivity index (χ2n) is 3.77. The standard InChI is InChI=1S/C9H18O7/c1-14-5-15-3-6-2-7(11)8(12)9(13,4-10)16-6/h6-8,10-13H,2-5H2,1H3/t6-,7+,8-,9-/m0/s1. The predicted octanol–water partition coefficient (Wildman–Crippen LogP) is -2.20. The van der Waals surface area contributed by atoms with Crippen LogP contribution in [0.15, 0.2) is 0 Å². The van der Waals surface area contributed by atoms with Crippen LogP contribution in [0.25, 0.3) is 0 Å². The smallest absolute Gasteiger partial charge is 0.218 e. The molecule has 0 saturated carbocycles. The van der Waals surface area contributed by atoms with Crippen LogP contribution in [-0.2, 0) is 14.2 Å². The van der Waals surface area contributed by atoms with E-state index in [-0.39, 0.29) is 19.8 Å². The summed E-state index contributed by atoms with van der Waals surface area (Å²) in [4.78, 5) is 0. The molecule has 7 nitrogen and oxygen atoms in total. The summed E-state index contributed by atoms with van der Waals surface area (Å²) in [7, 11) is 1.46. The average Bonchev–Trinajstić information content (AvgIpc) is 2.26. The fraction of sp³-hybridized carbons (Fsp3) is 1.00. The van der Waals surface area contributed by atoms with Gasteiger partial charge in [0.25, 0.3) is 0 Å². The summed E-state index contributed by atoms with van der Waals surface area (Å²) >= 11 is 0. The Morgan fingerprint density at radius 1 is 1.44 bits per heavy atom. The predicted molar refractivity (Wildman–Crippen MR) is 51.4 cm³/mol. The quantitative estimate of drug-likeness (QED) is 0.318. The normalized spacial score (nSPS) is 39.9. The van der Waals surface area contributed by atoms with E-state index in [4.69, 9.17) is 14.6 Å². The first-order valence-corrected chi connectivity index (χ1v) is 4.97. The molecule has 7 heteroatoms. The van der Waals surface area contributed by atoms with Crippen molar-refractivity contribution in [3.05, 3.63) is 0 Å². The second kappa shape index (κ2) is 5.87. The Bertz CT molecular complexity index is 212. The van der Waals surface area contributed by atoms with Crippen molar-refractivity contribution in [2.24, 2.45) is 0 Å². The third kappa shape index (κ3) is 3.11. The average molecular weight is 238 g/mol. The van der Waals surface area contributed by atoms with Crippen molar-refractivity contribution in [3.63, 3.8) is 0 Å².